The van der Waals surface area contributed by atoms with Crippen molar-refractivity contribution in [1.29, 1.82) is 0 Å². The van der Waals surface area contributed by atoms with Gasteiger partial charge in [0.25, 0.3) is 0 Å². The Hall–Kier alpha value is -2.25. The number of nitrogens with one attached hydrogen (secondary N) is 1. The molecule has 2 heterocycles. The van der Waals surface area contributed by atoms with Crippen molar-refractivity contribution in [2.24, 2.45) is 0 Å². The molecule has 2 aromatic heterocycles. The summed E-state index contributed by atoms with van der Waals surface area (Å²) in [7, 11) is 0. The molecule has 25 heavy (non-hydrogen) atoms. The fourth-order valence-corrected chi connectivity index (χ4v) is 3.72. The van der Waals surface area contributed by atoms with Gasteiger partial charge in [0.2, 0.25) is 5.91 Å². The summed E-state index contributed by atoms with van der Waals surface area (Å²) < 4.78 is 0. The maximum atomic E-state index is 12.1. The molecule has 0 atom stereocenters. The minimum Gasteiger partial charge on any atom is -0.301 e. The zero-order chi connectivity index (χ0) is 17.8. The molecule has 0 unspecified atom stereocenters. The normalized spacial score (nSPS) is 10.7. The number of amides is 1. The Kier molecular flexibility index (Phi) is 5.45. The molecule has 128 valence electrons. The van der Waals surface area contributed by atoms with E-state index in [0.29, 0.717) is 10.3 Å². The fourth-order valence-electron chi connectivity index (χ4n) is 2.23. The summed E-state index contributed by atoms with van der Waals surface area (Å²) in [5.74, 6) is 0.139. The minimum atomic E-state index is -0.113. The first kappa shape index (κ1) is 17.6. The molecule has 0 bridgehead atoms. The highest BCUT2D eigenvalue weighted by Gasteiger charge is 2.10. The summed E-state index contributed by atoms with van der Waals surface area (Å²) in [6, 6.07) is 10.1. The van der Waals surface area contributed by atoms with Gasteiger partial charge in [0, 0.05) is 22.3 Å². The Labute approximate surface area is 155 Å². The second-order valence-electron chi connectivity index (χ2n) is 5.67. The minimum absolute atomic E-state index is 0.113. The number of thioether (sulfide) groups is 1. The van der Waals surface area contributed by atoms with Gasteiger partial charge in [-0.25, -0.2) is 15.0 Å². The molecule has 0 radical (unpaired) electrons. The van der Waals surface area contributed by atoms with Gasteiger partial charge in [-0.05, 0) is 26.8 Å². The number of anilines is 1. The van der Waals surface area contributed by atoms with E-state index in [1.54, 1.807) is 0 Å². The van der Waals surface area contributed by atoms with Crippen LogP contribution in [-0.2, 0) is 4.79 Å². The molecular weight excluding hydrogens is 352 g/mol. The van der Waals surface area contributed by atoms with E-state index in [1.807, 2.05) is 56.5 Å². The first-order valence-electron chi connectivity index (χ1n) is 7.77. The van der Waals surface area contributed by atoms with Crippen molar-refractivity contribution in [3.8, 4) is 11.3 Å². The predicted molar refractivity (Wildman–Crippen MR) is 103 cm³/mol. The number of carbonyl (C=O) groups excluding carboxylic acids is 1. The topological polar surface area (TPSA) is 67.8 Å². The average Bonchev–Trinajstić information content (AvgIpc) is 3.01. The molecule has 0 fully saturated rings. The summed E-state index contributed by atoms with van der Waals surface area (Å²) in [4.78, 5) is 25.3. The van der Waals surface area contributed by atoms with Crippen molar-refractivity contribution in [1.82, 2.24) is 15.0 Å². The third kappa shape index (κ3) is 4.87. The lowest BCUT2D eigenvalue weighted by Gasteiger charge is -2.03. The first-order chi connectivity index (χ1) is 12.0. The van der Waals surface area contributed by atoms with Crippen molar-refractivity contribution in [2.45, 2.75) is 25.9 Å². The Morgan fingerprint density at radius 1 is 1.08 bits per heavy atom. The maximum Gasteiger partial charge on any atom is 0.236 e. The number of hydrogen-bond donors (Lipinski definition) is 1. The van der Waals surface area contributed by atoms with Crippen LogP contribution in [0.2, 0.25) is 0 Å². The molecule has 1 aromatic carbocycles. The Bertz CT molecular complexity index is 870. The van der Waals surface area contributed by atoms with E-state index in [-0.39, 0.29) is 11.7 Å². The molecule has 5 nitrogen and oxygen atoms in total. The van der Waals surface area contributed by atoms with Crippen LogP contribution in [0.15, 0.2) is 40.9 Å². The van der Waals surface area contributed by atoms with Crippen LogP contribution < -0.4 is 5.32 Å². The number of aryl methyl sites for hydroxylation is 3. The zero-order valence-electron chi connectivity index (χ0n) is 14.2. The Morgan fingerprint density at radius 2 is 1.76 bits per heavy atom. The number of hydrogen-bond acceptors (Lipinski definition) is 6. The lowest BCUT2D eigenvalue weighted by atomic mass is 10.1. The Morgan fingerprint density at radius 3 is 2.44 bits per heavy atom. The van der Waals surface area contributed by atoms with Gasteiger partial charge in [-0.1, -0.05) is 41.6 Å². The summed E-state index contributed by atoms with van der Waals surface area (Å²) in [5.41, 5.74) is 4.92. The van der Waals surface area contributed by atoms with Crippen LogP contribution in [0.1, 0.15) is 17.0 Å². The monoisotopic (exact) mass is 370 g/mol. The third-order valence-electron chi connectivity index (χ3n) is 3.39. The van der Waals surface area contributed by atoms with E-state index >= 15 is 0 Å². The van der Waals surface area contributed by atoms with Gasteiger partial charge in [0.1, 0.15) is 0 Å². The molecule has 1 N–H and O–H groups in total. The molecule has 0 aliphatic heterocycles. The highest BCUT2D eigenvalue weighted by Crippen LogP contribution is 2.25. The lowest BCUT2D eigenvalue weighted by Crippen LogP contribution is -2.14. The van der Waals surface area contributed by atoms with E-state index in [0.717, 1.165) is 22.6 Å². The summed E-state index contributed by atoms with van der Waals surface area (Å²) >= 11 is 2.74. The largest absolute Gasteiger partial charge is 0.301 e. The number of aromatic nitrogens is 3. The van der Waals surface area contributed by atoms with E-state index in [2.05, 4.69) is 20.3 Å². The molecule has 3 rings (SSSR count). The second-order valence-corrected chi connectivity index (χ2v) is 7.47. The summed E-state index contributed by atoms with van der Waals surface area (Å²) in [5, 5.41) is 6.00. The summed E-state index contributed by atoms with van der Waals surface area (Å²) in [6.07, 6.45) is 0. The van der Waals surface area contributed by atoms with Crippen molar-refractivity contribution in [3.63, 3.8) is 0 Å². The molecule has 0 saturated heterocycles. The van der Waals surface area contributed by atoms with E-state index < -0.39 is 0 Å². The van der Waals surface area contributed by atoms with Gasteiger partial charge in [-0.3, -0.25) is 4.79 Å². The van der Waals surface area contributed by atoms with Crippen molar-refractivity contribution >= 4 is 34.1 Å². The first-order valence-corrected chi connectivity index (χ1v) is 9.63. The number of nitrogens with zero attached hydrogens (tertiary/aromatic N) is 3. The average molecular weight is 371 g/mol. The SMILES string of the molecule is Cc1ccc(-c2csc(NC(=O)CSc3nc(C)cc(C)n3)n2)cc1. The molecule has 3 aromatic rings. The van der Waals surface area contributed by atoms with Gasteiger partial charge in [0.05, 0.1) is 11.4 Å². The highest BCUT2D eigenvalue weighted by molar-refractivity contribution is 7.99. The third-order valence-corrected chi connectivity index (χ3v) is 5.00. The van der Waals surface area contributed by atoms with Crippen molar-refractivity contribution in [3.05, 3.63) is 52.7 Å². The molecule has 0 aliphatic rings. The van der Waals surface area contributed by atoms with E-state index in [1.165, 1.54) is 28.7 Å². The summed E-state index contributed by atoms with van der Waals surface area (Å²) in [6.45, 7) is 5.88. The van der Waals surface area contributed by atoms with Crippen LogP contribution in [0.5, 0.6) is 0 Å². The van der Waals surface area contributed by atoms with Crippen molar-refractivity contribution in [2.75, 3.05) is 11.1 Å². The van der Waals surface area contributed by atoms with E-state index in [4.69, 9.17) is 0 Å². The molecule has 0 aliphatic carbocycles. The number of rotatable bonds is 5. The molecule has 0 saturated carbocycles. The second kappa shape index (κ2) is 7.76. The maximum absolute atomic E-state index is 12.1. The molecular formula is C18H18N4OS2. The molecule has 0 spiro atoms. The van der Waals surface area contributed by atoms with Gasteiger partial charge < -0.3 is 5.32 Å². The molecule has 1 amide bonds. The van der Waals surface area contributed by atoms with Crippen molar-refractivity contribution < 1.29 is 4.79 Å². The van der Waals surface area contributed by atoms with Crippen LogP contribution in [0.25, 0.3) is 11.3 Å². The van der Waals surface area contributed by atoms with Crippen LogP contribution in [0.4, 0.5) is 5.13 Å². The number of thiazole rings is 1. The number of benzene rings is 1. The molecule has 7 heteroatoms. The van der Waals surface area contributed by atoms with Gasteiger partial charge in [-0.15, -0.1) is 11.3 Å². The number of carbonyl (C=O) groups is 1. The van der Waals surface area contributed by atoms with Crippen LogP contribution in [0.3, 0.4) is 0 Å². The Balaban J connectivity index is 1.59. The lowest BCUT2D eigenvalue weighted by molar-refractivity contribution is -0.113. The standard InChI is InChI=1S/C18H18N4OS2/c1-11-4-6-14(7-5-11)15-9-24-18(21-15)22-16(23)10-25-17-19-12(2)8-13(3)20-17/h4-9H,10H2,1-3H3,(H,21,22,23). The fraction of sp³-hybridized carbons (Fsp3) is 0.222. The van der Waals surface area contributed by atoms with E-state index in [9.17, 15) is 4.79 Å². The van der Waals surface area contributed by atoms with Gasteiger partial charge in [0.15, 0.2) is 10.3 Å². The highest BCUT2D eigenvalue weighted by atomic mass is 32.2. The van der Waals surface area contributed by atoms with Gasteiger partial charge in [-0.2, -0.15) is 0 Å². The predicted octanol–water partition coefficient (Wildman–Crippen LogP) is 4.26. The zero-order valence-corrected chi connectivity index (χ0v) is 15.9. The quantitative estimate of drug-likeness (QED) is 0.537. The van der Waals surface area contributed by atoms with Crippen LogP contribution in [-0.4, -0.2) is 26.6 Å². The van der Waals surface area contributed by atoms with Crippen LogP contribution in [0, 0.1) is 20.8 Å². The van der Waals surface area contributed by atoms with Crippen LogP contribution >= 0.6 is 23.1 Å². The van der Waals surface area contributed by atoms with Gasteiger partial charge >= 0.3 is 0 Å². The smallest absolute Gasteiger partial charge is 0.236 e.